The second kappa shape index (κ2) is 10.7. The summed E-state index contributed by atoms with van der Waals surface area (Å²) in [6.45, 7) is 6.64. The van der Waals surface area contributed by atoms with Gasteiger partial charge < -0.3 is 10.1 Å². The highest BCUT2D eigenvalue weighted by Crippen LogP contribution is 2.36. The average Bonchev–Trinajstić information content (AvgIpc) is 3.11. The minimum absolute atomic E-state index is 0.00333. The van der Waals surface area contributed by atoms with Crippen molar-refractivity contribution < 1.29 is 9.53 Å². The Balaban J connectivity index is 1.63. The molecule has 1 fully saturated rings. The summed E-state index contributed by atoms with van der Waals surface area (Å²) in [5.74, 6) is 0.521. The van der Waals surface area contributed by atoms with Crippen molar-refractivity contribution in [1.82, 2.24) is 5.32 Å². The molecule has 0 spiro atoms. The summed E-state index contributed by atoms with van der Waals surface area (Å²) in [6.07, 6.45) is 9.51. The summed E-state index contributed by atoms with van der Waals surface area (Å²) in [4.78, 5) is 17.8. The van der Waals surface area contributed by atoms with Crippen LogP contribution in [0, 0.1) is 19.8 Å². The van der Waals surface area contributed by atoms with Gasteiger partial charge in [0.1, 0.15) is 0 Å². The number of rotatable bonds is 6. The minimum atomic E-state index is -0.00333. The predicted molar refractivity (Wildman–Crippen MR) is 131 cm³/mol. The van der Waals surface area contributed by atoms with Gasteiger partial charge in [-0.15, -0.1) is 0 Å². The Hall–Kier alpha value is -2.72. The smallest absolute Gasteiger partial charge is 0.251 e. The highest BCUT2D eigenvalue weighted by atomic mass is 16.5. The number of carbonyl (C=O) groups is 1. The van der Waals surface area contributed by atoms with Crippen LogP contribution in [0.5, 0.6) is 0 Å². The van der Waals surface area contributed by atoms with Crippen molar-refractivity contribution in [3.63, 3.8) is 0 Å². The first kappa shape index (κ1) is 22.5. The Morgan fingerprint density at radius 2 is 1.94 bits per heavy atom. The molecule has 1 N–H and O–H groups in total. The largest absolute Gasteiger partial charge is 0.381 e. The van der Waals surface area contributed by atoms with Gasteiger partial charge in [-0.25, -0.2) is 0 Å². The van der Waals surface area contributed by atoms with Gasteiger partial charge in [0.15, 0.2) is 0 Å². The molecule has 0 aromatic heterocycles. The minimum Gasteiger partial charge on any atom is -0.381 e. The molecule has 2 aromatic carbocycles. The molecule has 2 heterocycles. The molecule has 0 aliphatic carbocycles. The van der Waals surface area contributed by atoms with Crippen LogP contribution in [0.15, 0.2) is 59.2 Å². The van der Waals surface area contributed by atoms with Crippen LogP contribution in [0.4, 0.5) is 0 Å². The Labute approximate surface area is 191 Å². The summed E-state index contributed by atoms with van der Waals surface area (Å²) in [5.41, 5.74) is 6.72. The Morgan fingerprint density at radius 1 is 1.12 bits per heavy atom. The molecule has 2 aliphatic rings. The van der Waals surface area contributed by atoms with Crippen molar-refractivity contribution >= 4 is 12.1 Å². The van der Waals surface area contributed by atoms with E-state index >= 15 is 0 Å². The van der Waals surface area contributed by atoms with Crippen LogP contribution in [0.25, 0.3) is 0 Å². The molecule has 2 aliphatic heterocycles. The first-order chi connectivity index (χ1) is 15.6. The molecule has 1 saturated heterocycles. The second-order valence-electron chi connectivity index (χ2n) is 8.98. The number of aliphatic imine (C=N–C) groups is 1. The van der Waals surface area contributed by atoms with Crippen LogP contribution < -0.4 is 5.32 Å². The van der Waals surface area contributed by atoms with E-state index < -0.39 is 0 Å². The summed E-state index contributed by atoms with van der Waals surface area (Å²) < 4.78 is 5.43. The quantitative estimate of drug-likeness (QED) is 0.636. The van der Waals surface area contributed by atoms with Crippen molar-refractivity contribution in [2.24, 2.45) is 10.9 Å². The van der Waals surface area contributed by atoms with Gasteiger partial charge in [-0.2, -0.15) is 0 Å². The van der Waals surface area contributed by atoms with Crippen molar-refractivity contribution in [2.45, 2.75) is 51.9 Å². The van der Waals surface area contributed by atoms with E-state index in [1.54, 1.807) is 0 Å². The number of carbonyl (C=O) groups excluding carboxylic acids is 1. The summed E-state index contributed by atoms with van der Waals surface area (Å²) in [6, 6.07) is 14.6. The highest BCUT2D eigenvalue weighted by molar-refractivity contribution is 5.94. The average molecular weight is 431 g/mol. The summed E-state index contributed by atoms with van der Waals surface area (Å²) in [5, 5.41) is 3.15. The third-order valence-electron chi connectivity index (χ3n) is 6.76. The van der Waals surface area contributed by atoms with Crippen LogP contribution in [0.3, 0.4) is 0 Å². The molecule has 4 rings (SSSR count). The zero-order valence-electron chi connectivity index (χ0n) is 19.3. The van der Waals surface area contributed by atoms with Crippen LogP contribution in [0.2, 0.25) is 0 Å². The van der Waals surface area contributed by atoms with E-state index in [1.165, 1.54) is 16.7 Å². The number of ether oxygens (including phenoxy) is 1. The van der Waals surface area contributed by atoms with E-state index in [1.807, 2.05) is 24.4 Å². The number of nitrogens with one attached hydrogen (secondary N) is 1. The monoisotopic (exact) mass is 430 g/mol. The summed E-state index contributed by atoms with van der Waals surface area (Å²) >= 11 is 0. The van der Waals surface area contributed by atoms with Gasteiger partial charge in [-0.1, -0.05) is 36.4 Å². The van der Waals surface area contributed by atoms with E-state index in [9.17, 15) is 4.79 Å². The maximum absolute atomic E-state index is 13.0. The van der Waals surface area contributed by atoms with Crippen LogP contribution in [-0.2, 0) is 4.74 Å². The van der Waals surface area contributed by atoms with Crippen LogP contribution >= 0.6 is 0 Å². The van der Waals surface area contributed by atoms with Gasteiger partial charge in [0.2, 0.25) is 0 Å². The number of hydrogen-bond donors (Lipinski definition) is 1. The molecular formula is C28H34N2O2. The van der Waals surface area contributed by atoms with E-state index in [4.69, 9.17) is 9.73 Å². The van der Waals surface area contributed by atoms with Crippen LogP contribution in [0.1, 0.15) is 70.6 Å². The third-order valence-corrected chi connectivity index (χ3v) is 6.76. The number of allylic oxidation sites excluding steroid dienone is 2. The van der Waals surface area contributed by atoms with Crippen LogP contribution in [-0.4, -0.2) is 31.9 Å². The van der Waals surface area contributed by atoms with Gasteiger partial charge in [-0.05, 0) is 86.3 Å². The molecule has 1 atom stereocenters. The fraction of sp³-hybridized carbons (Fsp3) is 0.429. The van der Waals surface area contributed by atoms with E-state index in [2.05, 4.69) is 49.5 Å². The van der Waals surface area contributed by atoms with E-state index in [-0.39, 0.29) is 11.8 Å². The Bertz CT molecular complexity index is 1000. The fourth-order valence-corrected chi connectivity index (χ4v) is 4.62. The molecule has 4 heteroatoms. The van der Waals surface area contributed by atoms with Crippen molar-refractivity contribution in [3.8, 4) is 0 Å². The molecule has 1 amide bonds. The van der Waals surface area contributed by atoms with Gasteiger partial charge in [0.05, 0.1) is 5.92 Å². The Morgan fingerprint density at radius 3 is 2.78 bits per heavy atom. The standard InChI is InChI=1S/C28H34N2O2/c1-20-8-6-11-25(21(20)2)27(26-12-4-3-5-15-29-26)23-9-7-10-24(18-23)28(31)30-19-22-13-16-32-17-14-22/h6-12,15,18,22,27H,3-5,13-14,16-17,19H2,1-2H3,(H,30,31). The van der Waals surface area contributed by atoms with Gasteiger partial charge in [0, 0.05) is 37.2 Å². The molecule has 0 saturated carbocycles. The lowest BCUT2D eigenvalue weighted by atomic mass is 9.83. The van der Waals surface area contributed by atoms with Gasteiger partial charge >= 0.3 is 0 Å². The van der Waals surface area contributed by atoms with Crippen molar-refractivity contribution in [1.29, 1.82) is 0 Å². The van der Waals surface area contributed by atoms with E-state index in [0.717, 1.165) is 56.6 Å². The topological polar surface area (TPSA) is 50.7 Å². The normalized spacial score (nSPS) is 18.0. The Kier molecular flexibility index (Phi) is 7.54. The molecule has 32 heavy (non-hydrogen) atoms. The molecule has 0 bridgehead atoms. The number of nitrogens with zero attached hydrogens (tertiary/aromatic N) is 1. The van der Waals surface area contributed by atoms with Crippen molar-refractivity contribution in [2.75, 3.05) is 19.8 Å². The second-order valence-corrected chi connectivity index (χ2v) is 8.98. The maximum Gasteiger partial charge on any atom is 0.251 e. The lowest BCUT2D eigenvalue weighted by Crippen LogP contribution is -2.32. The van der Waals surface area contributed by atoms with E-state index in [0.29, 0.717) is 18.0 Å². The number of aryl methyl sites for hydroxylation is 1. The SMILES string of the molecule is Cc1cccc(C(C2=CCCCC=N2)c2cccc(C(=O)NCC3CCOCC3)c2)c1C. The molecular weight excluding hydrogens is 396 g/mol. The molecule has 1 unspecified atom stereocenters. The lowest BCUT2D eigenvalue weighted by Gasteiger charge is -2.23. The number of hydrogen-bond acceptors (Lipinski definition) is 3. The highest BCUT2D eigenvalue weighted by Gasteiger charge is 2.23. The zero-order chi connectivity index (χ0) is 22.3. The van der Waals surface area contributed by atoms with Gasteiger partial charge in [-0.3, -0.25) is 9.79 Å². The molecule has 2 aromatic rings. The number of benzene rings is 2. The number of amides is 1. The maximum atomic E-state index is 13.0. The fourth-order valence-electron chi connectivity index (χ4n) is 4.62. The first-order valence-corrected chi connectivity index (χ1v) is 11.9. The zero-order valence-corrected chi connectivity index (χ0v) is 19.3. The predicted octanol–water partition coefficient (Wildman–Crippen LogP) is 5.73. The lowest BCUT2D eigenvalue weighted by molar-refractivity contribution is 0.0642. The molecule has 4 nitrogen and oxygen atoms in total. The molecule has 168 valence electrons. The molecule has 0 radical (unpaired) electrons. The van der Waals surface area contributed by atoms with Gasteiger partial charge in [0.25, 0.3) is 5.91 Å². The summed E-state index contributed by atoms with van der Waals surface area (Å²) in [7, 11) is 0. The third kappa shape index (κ3) is 5.36. The first-order valence-electron chi connectivity index (χ1n) is 11.9. The van der Waals surface area contributed by atoms with Crippen molar-refractivity contribution in [3.05, 3.63) is 82.1 Å².